The molecule has 1 rings (SSSR count). The summed E-state index contributed by atoms with van der Waals surface area (Å²) in [6.07, 6.45) is 3.44. The number of likely N-dealkylation sites (tertiary alicyclic amines) is 1. The van der Waals surface area contributed by atoms with Gasteiger partial charge >= 0.3 is 0 Å². The molecule has 5 heteroatoms. The monoisotopic (exact) mass is 287 g/mol. The number of ether oxygens (including phenoxy) is 1. The second-order valence-electron chi connectivity index (χ2n) is 5.06. The summed E-state index contributed by atoms with van der Waals surface area (Å²) in [6.45, 7) is 10.3. The van der Waals surface area contributed by atoms with E-state index in [1.807, 2.05) is 6.92 Å². The highest BCUT2D eigenvalue weighted by Crippen LogP contribution is 2.15. The summed E-state index contributed by atoms with van der Waals surface area (Å²) < 4.78 is 5.31. The Morgan fingerprint density at radius 3 is 2.63 bits per heavy atom. The number of rotatable bonds is 7. The molecule has 0 radical (unpaired) electrons. The third-order valence-electron chi connectivity index (χ3n) is 3.82. The average Bonchev–Trinajstić information content (AvgIpc) is 2.46. The molecule has 1 saturated heterocycles. The summed E-state index contributed by atoms with van der Waals surface area (Å²) in [5.74, 6) is 0. The number of hydrogen-bond acceptors (Lipinski definition) is 3. The zero-order chi connectivity index (χ0) is 14.1. The lowest BCUT2D eigenvalue weighted by Crippen LogP contribution is -2.48. The van der Waals surface area contributed by atoms with Gasteiger partial charge in [0, 0.05) is 45.9 Å². The van der Waals surface area contributed by atoms with Gasteiger partial charge in [-0.1, -0.05) is 6.92 Å². The molecule has 1 aliphatic rings. The van der Waals surface area contributed by atoms with Crippen molar-refractivity contribution < 1.29 is 4.74 Å². The molecular formula is C14H29N3OS. The van der Waals surface area contributed by atoms with Crippen LogP contribution in [0.15, 0.2) is 0 Å². The molecule has 0 aromatic rings. The third-order valence-corrected chi connectivity index (χ3v) is 4.25. The first-order valence-corrected chi connectivity index (χ1v) is 7.90. The molecule has 0 saturated carbocycles. The van der Waals surface area contributed by atoms with Gasteiger partial charge in [-0.05, 0) is 44.9 Å². The van der Waals surface area contributed by atoms with Crippen LogP contribution >= 0.6 is 12.2 Å². The Hall–Kier alpha value is -0.390. The topological polar surface area (TPSA) is 27.7 Å². The number of thiocarbonyl (C=S) groups is 1. The maximum Gasteiger partial charge on any atom is 0.168 e. The normalized spacial score (nSPS) is 17.4. The lowest BCUT2D eigenvalue weighted by Gasteiger charge is -2.37. The molecule has 0 unspecified atom stereocenters. The lowest BCUT2D eigenvalue weighted by molar-refractivity contribution is 0.145. The highest BCUT2D eigenvalue weighted by Gasteiger charge is 2.22. The van der Waals surface area contributed by atoms with E-state index in [0.717, 1.165) is 37.8 Å². The Morgan fingerprint density at radius 1 is 1.37 bits per heavy atom. The molecule has 0 atom stereocenters. The van der Waals surface area contributed by atoms with Crippen LogP contribution in [0.3, 0.4) is 0 Å². The van der Waals surface area contributed by atoms with Crippen molar-refractivity contribution in [2.24, 2.45) is 0 Å². The minimum absolute atomic E-state index is 0.592. The predicted molar refractivity (Wildman–Crippen MR) is 84.6 cm³/mol. The summed E-state index contributed by atoms with van der Waals surface area (Å²) in [4.78, 5) is 4.74. The Bertz CT molecular complexity index is 255. The highest BCUT2D eigenvalue weighted by molar-refractivity contribution is 7.80. The fraction of sp³-hybridized carbons (Fsp3) is 0.929. The highest BCUT2D eigenvalue weighted by atomic mass is 32.1. The molecule has 0 aromatic heterocycles. The van der Waals surface area contributed by atoms with E-state index in [1.165, 1.54) is 25.9 Å². The van der Waals surface area contributed by atoms with E-state index in [0.29, 0.717) is 6.04 Å². The number of nitrogens with one attached hydrogen (secondary N) is 1. The largest absolute Gasteiger partial charge is 0.382 e. The molecule has 0 aromatic carbocycles. The van der Waals surface area contributed by atoms with Crippen molar-refractivity contribution in [2.45, 2.75) is 39.2 Å². The maximum atomic E-state index is 5.45. The molecule has 1 N–H and O–H groups in total. The van der Waals surface area contributed by atoms with Gasteiger partial charge in [0.2, 0.25) is 0 Å². The summed E-state index contributed by atoms with van der Waals surface area (Å²) in [5, 5.41) is 4.21. The second-order valence-corrected chi connectivity index (χ2v) is 5.45. The van der Waals surface area contributed by atoms with Crippen LogP contribution in [0.1, 0.15) is 33.1 Å². The molecule has 19 heavy (non-hydrogen) atoms. The van der Waals surface area contributed by atoms with Gasteiger partial charge in [-0.2, -0.15) is 0 Å². The smallest absolute Gasteiger partial charge is 0.168 e. The van der Waals surface area contributed by atoms with E-state index >= 15 is 0 Å². The standard InChI is InChI=1S/C14H29N3OS/c1-4-17-10-7-13(8-11-17)16(3)14(19)15-9-6-12-18-5-2/h13H,4-12H2,1-3H3,(H,15,19). The molecule has 0 amide bonds. The van der Waals surface area contributed by atoms with Crippen molar-refractivity contribution in [1.82, 2.24) is 15.1 Å². The van der Waals surface area contributed by atoms with Gasteiger partial charge in [0.25, 0.3) is 0 Å². The van der Waals surface area contributed by atoms with Crippen molar-refractivity contribution >= 4 is 17.3 Å². The van der Waals surface area contributed by atoms with Crippen molar-refractivity contribution in [3.63, 3.8) is 0 Å². The Balaban J connectivity index is 2.17. The number of piperidine rings is 1. The quantitative estimate of drug-likeness (QED) is 0.568. The number of nitrogens with zero attached hydrogens (tertiary/aromatic N) is 2. The predicted octanol–water partition coefficient (Wildman–Crippen LogP) is 1.70. The molecule has 1 aliphatic heterocycles. The van der Waals surface area contributed by atoms with Gasteiger partial charge in [-0.15, -0.1) is 0 Å². The fourth-order valence-corrected chi connectivity index (χ4v) is 2.68. The SMILES string of the molecule is CCOCCCNC(=S)N(C)C1CCN(CC)CC1. The van der Waals surface area contributed by atoms with Gasteiger partial charge in [-0.25, -0.2) is 0 Å². The zero-order valence-corrected chi connectivity index (χ0v) is 13.5. The minimum Gasteiger partial charge on any atom is -0.382 e. The van der Waals surface area contributed by atoms with E-state index in [9.17, 15) is 0 Å². The van der Waals surface area contributed by atoms with Gasteiger partial charge in [-0.3, -0.25) is 0 Å². The first kappa shape index (κ1) is 16.7. The molecule has 0 spiro atoms. The zero-order valence-electron chi connectivity index (χ0n) is 12.7. The summed E-state index contributed by atoms with van der Waals surface area (Å²) in [5.41, 5.74) is 0. The molecule has 112 valence electrons. The molecule has 0 aliphatic carbocycles. The van der Waals surface area contributed by atoms with Gasteiger partial charge in [0.1, 0.15) is 0 Å². The van der Waals surface area contributed by atoms with E-state index < -0.39 is 0 Å². The molecule has 1 heterocycles. The summed E-state index contributed by atoms with van der Waals surface area (Å²) in [7, 11) is 2.12. The van der Waals surface area contributed by atoms with Crippen LogP contribution in [0, 0.1) is 0 Å². The van der Waals surface area contributed by atoms with E-state index in [4.69, 9.17) is 17.0 Å². The van der Waals surface area contributed by atoms with E-state index in [-0.39, 0.29) is 0 Å². The van der Waals surface area contributed by atoms with Crippen LogP contribution in [0.25, 0.3) is 0 Å². The van der Waals surface area contributed by atoms with Crippen LogP contribution in [0.4, 0.5) is 0 Å². The minimum atomic E-state index is 0.592. The molecule has 1 fully saturated rings. The van der Waals surface area contributed by atoms with Crippen LogP contribution in [0.5, 0.6) is 0 Å². The third kappa shape index (κ3) is 6.06. The van der Waals surface area contributed by atoms with Crippen molar-refractivity contribution in [3.05, 3.63) is 0 Å². The van der Waals surface area contributed by atoms with Crippen molar-refractivity contribution in [1.29, 1.82) is 0 Å². The maximum absolute atomic E-state index is 5.45. The fourth-order valence-electron chi connectivity index (χ4n) is 2.43. The van der Waals surface area contributed by atoms with Crippen LogP contribution in [-0.4, -0.2) is 67.4 Å². The van der Waals surface area contributed by atoms with Crippen LogP contribution in [-0.2, 0) is 4.74 Å². The van der Waals surface area contributed by atoms with Crippen molar-refractivity contribution in [3.8, 4) is 0 Å². The van der Waals surface area contributed by atoms with Gasteiger partial charge in [0.05, 0.1) is 0 Å². The van der Waals surface area contributed by atoms with Crippen molar-refractivity contribution in [2.75, 3.05) is 46.4 Å². The molecular weight excluding hydrogens is 258 g/mol. The van der Waals surface area contributed by atoms with E-state index in [2.05, 4.69) is 29.1 Å². The Morgan fingerprint density at radius 2 is 2.05 bits per heavy atom. The Kier molecular flexibility index (Phi) is 8.34. The van der Waals surface area contributed by atoms with Crippen LogP contribution < -0.4 is 5.32 Å². The number of hydrogen-bond donors (Lipinski definition) is 1. The first-order valence-electron chi connectivity index (χ1n) is 7.49. The van der Waals surface area contributed by atoms with Gasteiger partial charge in [0.15, 0.2) is 5.11 Å². The summed E-state index contributed by atoms with van der Waals surface area (Å²) >= 11 is 5.45. The molecule has 4 nitrogen and oxygen atoms in total. The Labute approximate surface area is 123 Å². The molecule has 0 bridgehead atoms. The second kappa shape index (κ2) is 9.50. The van der Waals surface area contributed by atoms with Gasteiger partial charge < -0.3 is 19.9 Å². The first-order chi connectivity index (χ1) is 9.19. The summed E-state index contributed by atoms with van der Waals surface area (Å²) in [6, 6.07) is 0.592. The van der Waals surface area contributed by atoms with Crippen LogP contribution in [0.2, 0.25) is 0 Å². The van der Waals surface area contributed by atoms with E-state index in [1.54, 1.807) is 0 Å². The average molecular weight is 287 g/mol. The lowest BCUT2D eigenvalue weighted by atomic mass is 10.0.